The first kappa shape index (κ1) is 12.2. The van der Waals surface area contributed by atoms with E-state index in [1.165, 1.54) is 28.4 Å². The first-order valence-corrected chi connectivity index (χ1v) is 6.52. The van der Waals surface area contributed by atoms with Gasteiger partial charge >= 0.3 is 5.97 Å². The molecule has 82 valence electrons. The molecular formula is C8H10N2O3S2. The number of rotatable bonds is 4. The van der Waals surface area contributed by atoms with E-state index < -0.39 is 12.0 Å². The van der Waals surface area contributed by atoms with Crippen LogP contribution in [0.1, 0.15) is 0 Å². The molecular weight excluding hydrogens is 236 g/mol. The maximum absolute atomic E-state index is 11.6. The van der Waals surface area contributed by atoms with E-state index in [1.54, 1.807) is 0 Å². The number of amides is 1. The highest BCUT2D eigenvalue weighted by molar-refractivity contribution is 8.00. The third kappa shape index (κ3) is 3.32. The Morgan fingerprint density at radius 1 is 1.67 bits per heavy atom. The number of carbonyl (C=O) groups is 2. The molecule has 15 heavy (non-hydrogen) atoms. The molecule has 1 aliphatic rings. The van der Waals surface area contributed by atoms with E-state index in [-0.39, 0.29) is 17.4 Å². The van der Waals surface area contributed by atoms with E-state index in [9.17, 15) is 9.59 Å². The molecule has 0 aromatic carbocycles. The molecule has 1 N–H and O–H groups in total. The predicted molar refractivity (Wildman–Crippen MR) is 58.5 cm³/mol. The summed E-state index contributed by atoms with van der Waals surface area (Å²) >= 11 is 2.64. The topological polar surface area (TPSA) is 81.4 Å². The number of thioether (sulfide) groups is 2. The fourth-order valence-electron chi connectivity index (χ4n) is 1.16. The van der Waals surface area contributed by atoms with Gasteiger partial charge < -0.3 is 10.0 Å². The summed E-state index contributed by atoms with van der Waals surface area (Å²) in [4.78, 5) is 23.7. The van der Waals surface area contributed by atoms with E-state index in [0.29, 0.717) is 11.6 Å². The van der Waals surface area contributed by atoms with E-state index >= 15 is 0 Å². The number of aliphatic carboxylic acids is 1. The van der Waals surface area contributed by atoms with Gasteiger partial charge in [0.05, 0.1) is 23.5 Å². The fourth-order valence-corrected chi connectivity index (χ4v) is 2.87. The first-order valence-electron chi connectivity index (χ1n) is 4.21. The first-order chi connectivity index (χ1) is 7.16. The molecule has 1 rings (SSSR count). The van der Waals surface area contributed by atoms with Gasteiger partial charge in [0.2, 0.25) is 5.91 Å². The second-order valence-corrected chi connectivity index (χ2v) is 4.85. The molecule has 0 aliphatic carbocycles. The van der Waals surface area contributed by atoms with Crippen LogP contribution in [0.15, 0.2) is 0 Å². The summed E-state index contributed by atoms with van der Waals surface area (Å²) in [5, 5.41) is 17.1. The van der Waals surface area contributed by atoms with Crippen molar-refractivity contribution in [2.45, 2.75) is 6.04 Å². The van der Waals surface area contributed by atoms with Gasteiger partial charge in [0, 0.05) is 5.75 Å². The van der Waals surface area contributed by atoms with E-state index in [1.807, 2.05) is 6.07 Å². The summed E-state index contributed by atoms with van der Waals surface area (Å²) in [5.74, 6) is 0.154. The van der Waals surface area contributed by atoms with E-state index in [2.05, 4.69) is 0 Å². The summed E-state index contributed by atoms with van der Waals surface area (Å²) in [7, 11) is 0. The van der Waals surface area contributed by atoms with Gasteiger partial charge in [-0.1, -0.05) is 0 Å². The Bertz CT molecular complexity index is 303. The van der Waals surface area contributed by atoms with Crippen LogP contribution in [-0.4, -0.2) is 51.1 Å². The Kier molecular flexibility index (Phi) is 4.78. The van der Waals surface area contributed by atoms with Crippen molar-refractivity contribution in [2.24, 2.45) is 0 Å². The van der Waals surface area contributed by atoms with Crippen molar-refractivity contribution in [3.63, 3.8) is 0 Å². The highest BCUT2D eigenvalue weighted by atomic mass is 32.2. The van der Waals surface area contributed by atoms with Gasteiger partial charge in [0.1, 0.15) is 6.04 Å². The van der Waals surface area contributed by atoms with Gasteiger partial charge in [-0.15, -0.1) is 23.5 Å². The number of nitrogens with zero attached hydrogens (tertiary/aromatic N) is 2. The summed E-state index contributed by atoms with van der Waals surface area (Å²) in [6.07, 6.45) is 0. The average molecular weight is 246 g/mol. The number of nitriles is 1. The van der Waals surface area contributed by atoms with Crippen molar-refractivity contribution in [2.75, 3.05) is 23.1 Å². The normalized spacial score (nSPS) is 19.9. The van der Waals surface area contributed by atoms with Crippen LogP contribution in [0.25, 0.3) is 0 Å². The van der Waals surface area contributed by atoms with Gasteiger partial charge in [-0.3, -0.25) is 4.79 Å². The summed E-state index contributed by atoms with van der Waals surface area (Å²) in [6, 6.07) is 1.21. The van der Waals surface area contributed by atoms with Crippen LogP contribution in [0.4, 0.5) is 0 Å². The molecule has 1 amide bonds. The lowest BCUT2D eigenvalue weighted by molar-refractivity contribution is -0.146. The van der Waals surface area contributed by atoms with Crippen LogP contribution >= 0.6 is 23.5 Å². The Hall–Kier alpha value is -0.870. The van der Waals surface area contributed by atoms with Gasteiger partial charge in [-0.05, 0) is 0 Å². The molecule has 1 atom stereocenters. The van der Waals surface area contributed by atoms with Crippen molar-refractivity contribution in [1.29, 1.82) is 5.26 Å². The largest absolute Gasteiger partial charge is 0.480 e. The third-order valence-corrected chi connectivity index (χ3v) is 3.68. The molecule has 1 saturated heterocycles. The lowest BCUT2D eigenvalue weighted by Crippen LogP contribution is -2.42. The molecule has 1 fully saturated rings. The van der Waals surface area contributed by atoms with Gasteiger partial charge in [0.15, 0.2) is 0 Å². The monoisotopic (exact) mass is 246 g/mol. The number of hydrogen-bond acceptors (Lipinski definition) is 5. The molecule has 0 aromatic rings. The summed E-state index contributed by atoms with van der Waals surface area (Å²) < 4.78 is 0. The highest BCUT2D eigenvalue weighted by Crippen LogP contribution is 2.21. The Morgan fingerprint density at radius 2 is 2.40 bits per heavy atom. The number of carbonyl (C=O) groups excluding carboxylic acids is 1. The van der Waals surface area contributed by atoms with Crippen LogP contribution in [0, 0.1) is 11.3 Å². The zero-order valence-corrected chi connectivity index (χ0v) is 9.51. The number of hydrogen-bond donors (Lipinski definition) is 1. The lowest BCUT2D eigenvalue weighted by Gasteiger charge is -2.19. The molecule has 0 bridgehead atoms. The highest BCUT2D eigenvalue weighted by Gasteiger charge is 2.34. The van der Waals surface area contributed by atoms with Crippen LogP contribution in [0.2, 0.25) is 0 Å². The zero-order chi connectivity index (χ0) is 11.3. The zero-order valence-electron chi connectivity index (χ0n) is 7.88. The third-order valence-electron chi connectivity index (χ3n) is 1.88. The van der Waals surface area contributed by atoms with Crippen LogP contribution in [-0.2, 0) is 9.59 Å². The van der Waals surface area contributed by atoms with Crippen LogP contribution in [0.3, 0.4) is 0 Å². The predicted octanol–water partition coefficient (Wildman–Crippen LogP) is 0.229. The minimum absolute atomic E-state index is 0.178. The second kappa shape index (κ2) is 5.88. The average Bonchev–Trinajstić information content (AvgIpc) is 2.66. The van der Waals surface area contributed by atoms with E-state index in [4.69, 9.17) is 10.4 Å². The van der Waals surface area contributed by atoms with Crippen molar-refractivity contribution >= 4 is 35.4 Å². The van der Waals surface area contributed by atoms with Gasteiger partial charge in [-0.2, -0.15) is 5.26 Å². The van der Waals surface area contributed by atoms with Crippen molar-refractivity contribution in [3.8, 4) is 6.07 Å². The molecule has 0 spiro atoms. The molecule has 1 heterocycles. The number of carboxylic acids is 1. The maximum Gasteiger partial charge on any atom is 0.327 e. The molecule has 0 saturated carbocycles. The molecule has 0 unspecified atom stereocenters. The molecule has 1 aliphatic heterocycles. The standard InChI is InChI=1S/C8H10N2O3S2/c9-1-2-14-4-7(11)10-5-15-3-6(10)8(12)13/h6H,2-5H2,(H,12,13)/t6-/m0/s1. The van der Waals surface area contributed by atoms with Gasteiger partial charge in [0.25, 0.3) is 0 Å². The minimum atomic E-state index is -0.960. The lowest BCUT2D eigenvalue weighted by atomic mass is 10.3. The fraction of sp³-hybridized carbons (Fsp3) is 0.625. The summed E-state index contributed by atoms with van der Waals surface area (Å²) in [5.41, 5.74) is 0. The van der Waals surface area contributed by atoms with Crippen molar-refractivity contribution < 1.29 is 14.7 Å². The molecule has 5 nitrogen and oxygen atoms in total. The molecule has 7 heteroatoms. The second-order valence-electron chi connectivity index (χ2n) is 2.87. The van der Waals surface area contributed by atoms with Crippen molar-refractivity contribution in [3.05, 3.63) is 0 Å². The van der Waals surface area contributed by atoms with Crippen LogP contribution < -0.4 is 0 Å². The number of carboxylic acid groups (broad SMARTS) is 1. The molecule has 0 radical (unpaired) electrons. The Morgan fingerprint density at radius 3 is 3.00 bits per heavy atom. The summed E-state index contributed by atoms with van der Waals surface area (Å²) in [6.45, 7) is 0. The minimum Gasteiger partial charge on any atom is -0.480 e. The SMILES string of the molecule is N#CCSCC(=O)N1CSC[C@H]1C(=O)O. The van der Waals surface area contributed by atoms with Crippen molar-refractivity contribution in [1.82, 2.24) is 4.90 Å². The Balaban J connectivity index is 2.45. The molecule has 0 aromatic heterocycles. The van der Waals surface area contributed by atoms with Crippen LogP contribution in [0.5, 0.6) is 0 Å². The quantitative estimate of drug-likeness (QED) is 0.715. The van der Waals surface area contributed by atoms with E-state index in [0.717, 1.165) is 0 Å². The smallest absolute Gasteiger partial charge is 0.327 e. The maximum atomic E-state index is 11.6. The Labute approximate surface area is 95.8 Å². The van der Waals surface area contributed by atoms with Gasteiger partial charge in [-0.25, -0.2) is 4.79 Å².